The van der Waals surface area contributed by atoms with Crippen LogP contribution in [0.25, 0.3) is 10.8 Å². The van der Waals surface area contributed by atoms with Gasteiger partial charge in [-0.1, -0.05) is 17.7 Å². The summed E-state index contributed by atoms with van der Waals surface area (Å²) in [6.45, 7) is 6.47. The molecule has 0 radical (unpaired) electrons. The van der Waals surface area contributed by atoms with Crippen molar-refractivity contribution >= 4 is 28.5 Å². The van der Waals surface area contributed by atoms with Gasteiger partial charge >= 0.3 is 6.09 Å². The molecule has 26 heavy (non-hydrogen) atoms. The first-order valence-electron chi connectivity index (χ1n) is 8.40. The summed E-state index contributed by atoms with van der Waals surface area (Å²) in [4.78, 5) is 18.1. The third-order valence-corrected chi connectivity index (χ3v) is 4.18. The first-order chi connectivity index (χ1) is 12.2. The van der Waals surface area contributed by atoms with Crippen molar-refractivity contribution in [3.05, 3.63) is 35.0 Å². The number of ether oxygens (including phenoxy) is 2. The van der Waals surface area contributed by atoms with E-state index < -0.39 is 5.60 Å². The zero-order valence-corrected chi connectivity index (χ0v) is 15.7. The first-order valence-corrected chi connectivity index (χ1v) is 8.78. The normalized spacial score (nSPS) is 17.2. The van der Waals surface area contributed by atoms with Crippen LogP contribution in [0.3, 0.4) is 0 Å². The van der Waals surface area contributed by atoms with Gasteiger partial charge in [-0.25, -0.2) is 9.78 Å². The fraction of sp³-hybridized carbons (Fsp3) is 0.421. The number of benzene rings is 1. The second-order valence-corrected chi connectivity index (χ2v) is 7.68. The van der Waals surface area contributed by atoms with Crippen LogP contribution in [0, 0.1) is 11.3 Å². The largest absolute Gasteiger partial charge is 0.472 e. The maximum absolute atomic E-state index is 12.2. The second kappa shape index (κ2) is 7.00. The molecule has 6 nitrogen and oxygen atoms in total. The molecule has 2 aromatic rings. The number of aromatic nitrogens is 1. The van der Waals surface area contributed by atoms with Crippen LogP contribution in [0.15, 0.2) is 24.3 Å². The number of likely N-dealkylation sites (tertiary alicyclic amines) is 1. The van der Waals surface area contributed by atoms with Crippen molar-refractivity contribution in [2.24, 2.45) is 0 Å². The second-order valence-electron chi connectivity index (χ2n) is 7.24. The summed E-state index contributed by atoms with van der Waals surface area (Å²) in [6, 6.07) is 9.09. The molecule has 1 aromatic heterocycles. The number of hydrogen-bond donors (Lipinski definition) is 0. The highest BCUT2D eigenvalue weighted by atomic mass is 35.5. The van der Waals surface area contributed by atoms with E-state index in [1.807, 2.05) is 32.9 Å². The van der Waals surface area contributed by atoms with Crippen molar-refractivity contribution in [2.45, 2.75) is 38.9 Å². The van der Waals surface area contributed by atoms with Gasteiger partial charge in [0.05, 0.1) is 6.54 Å². The van der Waals surface area contributed by atoms with E-state index in [1.54, 1.807) is 23.1 Å². The van der Waals surface area contributed by atoms with Gasteiger partial charge in [0.1, 0.15) is 23.5 Å². The lowest BCUT2D eigenvalue weighted by molar-refractivity contribution is 0.0275. The molecule has 1 aliphatic rings. The van der Waals surface area contributed by atoms with Gasteiger partial charge in [0.2, 0.25) is 5.88 Å². The highest BCUT2D eigenvalue weighted by Crippen LogP contribution is 2.29. The molecule has 1 aromatic carbocycles. The summed E-state index contributed by atoms with van der Waals surface area (Å²) in [7, 11) is 0. The maximum Gasteiger partial charge on any atom is 0.410 e. The molecule has 1 amide bonds. The van der Waals surface area contributed by atoms with Gasteiger partial charge in [-0.2, -0.15) is 5.26 Å². The average molecular weight is 374 g/mol. The van der Waals surface area contributed by atoms with Gasteiger partial charge in [-0.3, -0.25) is 0 Å². The Bertz CT molecular complexity index is 886. The summed E-state index contributed by atoms with van der Waals surface area (Å²) in [6.07, 6.45) is 0.0983. The van der Waals surface area contributed by atoms with Gasteiger partial charge in [-0.05, 0) is 44.4 Å². The zero-order valence-electron chi connectivity index (χ0n) is 15.0. The van der Waals surface area contributed by atoms with Crippen molar-refractivity contribution in [2.75, 3.05) is 13.1 Å². The van der Waals surface area contributed by atoms with Crippen LogP contribution in [0.2, 0.25) is 5.02 Å². The third-order valence-electron chi connectivity index (χ3n) is 3.95. The van der Waals surface area contributed by atoms with E-state index in [0.717, 1.165) is 10.8 Å². The SMILES string of the molecule is CC(C)(C)OC(=O)N1CCC(Oc2nc(C#N)cc3ccc(Cl)cc23)C1. The van der Waals surface area contributed by atoms with Crippen LogP contribution in [-0.4, -0.2) is 40.8 Å². The number of nitrogens with zero attached hydrogens (tertiary/aromatic N) is 3. The molecule has 7 heteroatoms. The molecule has 1 unspecified atom stereocenters. The van der Waals surface area contributed by atoms with Crippen molar-refractivity contribution in [1.82, 2.24) is 9.88 Å². The van der Waals surface area contributed by atoms with Crippen LogP contribution in [0.1, 0.15) is 32.9 Å². The Labute approximate surface area is 157 Å². The molecule has 2 heterocycles. The standard InChI is InChI=1S/C19H20ClN3O3/c1-19(2,3)26-18(24)23-7-6-15(11-23)25-17-16-9-13(20)5-4-12(16)8-14(10-21)22-17/h4-5,8-9,15H,6-7,11H2,1-3H3. The lowest BCUT2D eigenvalue weighted by Gasteiger charge is -2.24. The maximum atomic E-state index is 12.2. The van der Waals surface area contributed by atoms with Crippen LogP contribution in [0.5, 0.6) is 5.88 Å². The van der Waals surface area contributed by atoms with Crippen LogP contribution >= 0.6 is 11.6 Å². The minimum atomic E-state index is -0.536. The predicted molar refractivity (Wildman–Crippen MR) is 98.3 cm³/mol. The van der Waals surface area contributed by atoms with E-state index in [9.17, 15) is 10.1 Å². The van der Waals surface area contributed by atoms with Crippen LogP contribution in [0.4, 0.5) is 4.79 Å². The molecule has 0 spiro atoms. The third kappa shape index (κ3) is 4.17. The first kappa shape index (κ1) is 18.3. The molecule has 1 atom stereocenters. The fourth-order valence-electron chi connectivity index (χ4n) is 2.81. The van der Waals surface area contributed by atoms with Crippen LogP contribution in [-0.2, 0) is 4.74 Å². The molecule has 1 fully saturated rings. The minimum absolute atomic E-state index is 0.217. The predicted octanol–water partition coefficient (Wildman–Crippen LogP) is 4.15. The molecule has 0 N–H and O–H groups in total. The van der Waals surface area contributed by atoms with E-state index in [1.165, 1.54) is 0 Å². The smallest absolute Gasteiger partial charge is 0.410 e. The number of carbonyl (C=O) groups excluding carboxylic acids is 1. The van der Waals surface area contributed by atoms with Crippen molar-refractivity contribution in [1.29, 1.82) is 5.26 Å². The number of nitriles is 1. The number of amides is 1. The number of halogens is 1. The Morgan fingerprint density at radius 2 is 2.15 bits per heavy atom. The number of hydrogen-bond acceptors (Lipinski definition) is 5. The number of fused-ring (bicyclic) bond motifs is 1. The van der Waals surface area contributed by atoms with Gasteiger partial charge in [-0.15, -0.1) is 0 Å². The highest BCUT2D eigenvalue weighted by Gasteiger charge is 2.31. The molecule has 0 aliphatic carbocycles. The Morgan fingerprint density at radius 1 is 1.38 bits per heavy atom. The van der Waals surface area contributed by atoms with Crippen molar-refractivity contribution < 1.29 is 14.3 Å². The summed E-state index contributed by atoms with van der Waals surface area (Å²) in [5.74, 6) is 0.359. The monoisotopic (exact) mass is 373 g/mol. The lowest BCUT2D eigenvalue weighted by atomic mass is 10.1. The van der Waals surface area contributed by atoms with Crippen molar-refractivity contribution in [3.8, 4) is 11.9 Å². The molecule has 136 valence electrons. The molecular weight excluding hydrogens is 354 g/mol. The Kier molecular flexibility index (Phi) is 4.92. The lowest BCUT2D eigenvalue weighted by Crippen LogP contribution is -2.36. The van der Waals surface area contributed by atoms with Gasteiger partial charge in [0.15, 0.2) is 0 Å². The topological polar surface area (TPSA) is 75.4 Å². The van der Waals surface area contributed by atoms with E-state index in [4.69, 9.17) is 21.1 Å². The molecular formula is C19H20ClN3O3. The fourth-order valence-corrected chi connectivity index (χ4v) is 2.98. The van der Waals surface area contributed by atoms with E-state index in [-0.39, 0.29) is 17.9 Å². The highest BCUT2D eigenvalue weighted by molar-refractivity contribution is 6.31. The Morgan fingerprint density at radius 3 is 2.85 bits per heavy atom. The quantitative estimate of drug-likeness (QED) is 0.790. The average Bonchev–Trinajstić information content (AvgIpc) is 3.02. The number of rotatable bonds is 2. The summed E-state index contributed by atoms with van der Waals surface area (Å²) >= 11 is 6.09. The number of carbonyl (C=O) groups is 1. The van der Waals surface area contributed by atoms with Gasteiger partial charge < -0.3 is 14.4 Å². The molecule has 3 rings (SSSR count). The number of pyridine rings is 1. The Balaban J connectivity index is 1.79. The van der Waals surface area contributed by atoms with E-state index in [2.05, 4.69) is 4.98 Å². The van der Waals surface area contributed by atoms with Gasteiger partial charge in [0, 0.05) is 23.4 Å². The van der Waals surface area contributed by atoms with E-state index >= 15 is 0 Å². The molecule has 1 aliphatic heterocycles. The minimum Gasteiger partial charge on any atom is -0.472 e. The zero-order chi connectivity index (χ0) is 18.9. The summed E-state index contributed by atoms with van der Waals surface area (Å²) in [5.41, 5.74) is -0.261. The van der Waals surface area contributed by atoms with Crippen LogP contribution < -0.4 is 4.74 Å². The Hall–Kier alpha value is -2.52. The molecule has 1 saturated heterocycles. The molecule has 0 bridgehead atoms. The van der Waals surface area contributed by atoms with Gasteiger partial charge in [0.25, 0.3) is 0 Å². The summed E-state index contributed by atoms with van der Waals surface area (Å²) < 4.78 is 11.4. The van der Waals surface area contributed by atoms with Crippen molar-refractivity contribution in [3.63, 3.8) is 0 Å². The van der Waals surface area contributed by atoms with E-state index in [0.29, 0.717) is 30.4 Å². The molecule has 0 saturated carbocycles. The summed E-state index contributed by atoms with van der Waals surface area (Å²) in [5, 5.41) is 11.3.